The number of piperidine rings is 1. The molecule has 0 aromatic carbocycles. The van der Waals surface area contributed by atoms with Gasteiger partial charge in [0.25, 0.3) is 0 Å². The molecule has 0 bridgehead atoms. The topological polar surface area (TPSA) is 71.3 Å². The number of amides is 1. The number of unbranched alkanes of at least 4 members (excludes halogenated alkanes) is 1. The molecule has 0 unspecified atom stereocenters. The van der Waals surface area contributed by atoms with Gasteiger partial charge in [-0.25, -0.2) is 4.98 Å². The number of nitrogens with zero attached hydrogens (tertiary/aromatic N) is 3. The van der Waals surface area contributed by atoms with Crippen LogP contribution in [0, 0.1) is 26.7 Å². The van der Waals surface area contributed by atoms with Crippen molar-refractivity contribution in [3.8, 4) is 0 Å². The number of anilines is 1. The second kappa shape index (κ2) is 7.42. The molecule has 0 spiro atoms. The van der Waals surface area contributed by atoms with E-state index < -0.39 is 0 Å². The van der Waals surface area contributed by atoms with Crippen LogP contribution in [0.5, 0.6) is 0 Å². The third kappa shape index (κ3) is 3.62. The molecule has 1 saturated heterocycles. The predicted octanol–water partition coefficient (Wildman–Crippen LogP) is 3.28. The first-order valence-corrected chi connectivity index (χ1v) is 9.28. The fourth-order valence-electron chi connectivity index (χ4n) is 3.45. The zero-order chi connectivity index (χ0) is 18.0. The van der Waals surface area contributed by atoms with Gasteiger partial charge in [0.05, 0.1) is 5.39 Å². The van der Waals surface area contributed by atoms with Crippen molar-refractivity contribution in [3.63, 3.8) is 0 Å². The second-order valence-electron chi connectivity index (χ2n) is 6.96. The fraction of sp³-hybridized carbons (Fsp3) is 0.632. The summed E-state index contributed by atoms with van der Waals surface area (Å²) < 4.78 is 5.78. The van der Waals surface area contributed by atoms with Gasteiger partial charge < -0.3 is 14.6 Å². The Hall–Kier alpha value is -2.11. The smallest absolute Gasteiger partial charge is 0.231 e. The number of hydrogen-bond donors (Lipinski definition) is 1. The molecule has 0 saturated carbocycles. The highest BCUT2D eigenvalue weighted by atomic mass is 16.3. The van der Waals surface area contributed by atoms with Crippen molar-refractivity contribution >= 4 is 22.8 Å². The predicted molar refractivity (Wildman–Crippen MR) is 98.9 cm³/mol. The first-order valence-electron chi connectivity index (χ1n) is 9.28. The van der Waals surface area contributed by atoms with E-state index in [1.807, 2.05) is 13.8 Å². The van der Waals surface area contributed by atoms with Crippen LogP contribution >= 0.6 is 0 Å². The number of fused-ring (bicyclic) bond motifs is 1. The average molecular weight is 344 g/mol. The summed E-state index contributed by atoms with van der Waals surface area (Å²) in [6, 6.07) is 0. The van der Waals surface area contributed by atoms with Gasteiger partial charge in [-0.1, -0.05) is 13.3 Å². The summed E-state index contributed by atoms with van der Waals surface area (Å²) in [6.07, 6.45) is 3.86. The average Bonchev–Trinajstić information content (AvgIpc) is 2.88. The number of rotatable bonds is 5. The zero-order valence-electron chi connectivity index (χ0n) is 15.7. The second-order valence-corrected chi connectivity index (χ2v) is 6.96. The van der Waals surface area contributed by atoms with E-state index in [0.717, 1.165) is 73.7 Å². The molecule has 25 heavy (non-hydrogen) atoms. The summed E-state index contributed by atoms with van der Waals surface area (Å²) in [5.74, 6) is 2.87. The minimum atomic E-state index is 0.110. The zero-order valence-corrected chi connectivity index (χ0v) is 15.7. The molecule has 6 nitrogen and oxygen atoms in total. The number of carbonyl (C=O) groups is 1. The Morgan fingerprint density at radius 3 is 2.64 bits per heavy atom. The van der Waals surface area contributed by atoms with Gasteiger partial charge in [0.2, 0.25) is 11.6 Å². The first kappa shape index (κ1) is 17.7. The van der Waals surface area contributed by atoms with E-state index in [4.69, 9.17) is 4.42 Å². The Bertz CT molecular complexity index is 760. The minimum Gasteiger partial charge on any atom is -0.443 e. The van der Waals surface area contributed by atoms with E-state index in [9.17, 15) is 4.79 Å². The lowest BCUT2D eigenvalue weighted by molar-refractivity contribution is -0.125. The molecule has 2 aromatic rings. The van der Waals surface area contributed by atoms with E-state index in [1.165, 1.54) is 0 Å². The summed E-state index contributed by atoms with van der Waals surface area (Å²) in [5, 5.41) is 4.07. The SMILES string of the molecule is CCCCNC(=O)C1CCN(c2nc(C)nc3oc(C)c(C)c23)CC1. The number of furan rings is 1. The maximum Gasteiger partial charge on any atom is 0.231 e. The number of carbonyl (C=O) groups excluding carboxylic acids is 1. The lowest BCUT2D eigenvalue weighted by atomic mass is 9.95. The van der Waals surface area contributed by atoms with E-state index >= 15 is 0 Å². The molecule has 1 amide bonds. The Kier molecular flexibility index (Phi) is 5.25. The normalized spacial score (nSPS) is 15.8. The van der Waals surface area contributed by atoms with E-state index in [0.29, 0.717) is 5.71 Å². The molecule has 136 valence electrons. The Morgan fingerprint density at radius 2 is 1.96 bits per heavy atom. The molecule has 0 atom stereocenters. The molecule has 3 heterocycles. The monoisotopic (exact) mass is 344 g/mol. The van der Waals surface area contributed by atoms with Crippen LogP contribution in [0.3, 0.4) is 0 Å². The highest BCUT2D eigenvalue weighted by molar-refractivity contribution is 5.90. The number of nitrogens with one attached hydrogen (secondary N) is 1. The van der Waals surface area contributed by atoms with E-state index in [1.54, 1.807) is 0 Å². The van der Waals surface area contributed by atoms with Crippen LogP contribution in [0.25, 0.3) is 11.1 Å². The number of aromatic nitrogens is 2. The summed E-state index contributed by atoms with van der Waals surface area (Å²) in [6.45, 7) is 10.5. The van der Waals surface area contributed by atoms with Crippen LogP contribution in [-0.2, 0) is 4.79 Å². The van der Waals surface area contributed by atoms with Crippen molar-refractivity contribution in [3.05, 3.63) is 17.1 Å². The highest BCUT2D eigenvalue weighted by Crippen LogP contribution is 2.33. The molecule has 1 aliphatic heterocycles. The summed E-state index contributed by atoms with van der Waals surface area (Å²) in [7, 11) is 0. The molecule has 1 aliphatic rings. The third-order valence-corrected chi connectivity index (χ3v) is 5.12. The van der Waals surface area contributed by atoms with Crippen LogP contribution in [0.15, 0.2) is 4.42 Å². The number of hydrogen-bond acceptors (Lipinski definition) is 5. The van der Waals surface area contributed by atoms with Crippen molar-refractivity contribution in [2.24, 2.45) is 5.92 Å². The third-order valence-electron chi connectivity index (χ3n) is 5.12. The first-order chi connectivity index (χ1) is 12.0. The van der Waals surface area contributed by atoms with Crippen LogP contribution < -0.4 is 10.2 Å². The summed E-state index contributed by atoms with van der Waals surface area (Å²) >= 11 is 0. The summed E-state index contributed by atoms with van der Waals surface area (Å²) in [5.41, 5.74) is 1.77. The minimum absolute atomic E-state index is 0.110. The molecule has 3 rings (SSSR count). The number of aryl methyl sites for hydroxylation is 3. The Labute approximate surface area is 149 Å². The van der Waals surface area contributed by atoms with Gasteiger partial charge in [0, 0.05) is 31.1 Å². The van der Waals surface area contributed by atoms with Crippen molar-refractivity contribution in [2.75, 3.05) is 24.5 Å². The van der Waals surface area contributed by atoms with E-state index in [-0.39, 0.29) is 11.8 Å². The quantitative estimate of drug-likeness (QED) is 0.843. The molecule has 6 heteroatoms. The van der Waals surface area contributed by atoms with Crippen LogP contribution in [0.1, 0.15) is 49.8 Å². The van der Waals surface area contributed by atoms with Gasteiger partial charge in [-0.3, -0.25) is 4.79 Å². The molecule has 0 radical (unpaired) electrons. The Morgan fingerprint density at radius 1 is 1.24 bits per heavy atom. The van der Waals surface area contributed by atoms with Crippen LogP contribution in [0.4, 0.5) is 5.82 Å². The highest BCUT2D eigenvalue weighted by Gasteiger charge is 2.27. The van der Waals surface area contributed by atoms with Gasteiger partial charge in [0.1, 0.15) is 17.4 Å². The molecule has 2 aromatic heterocycles. The standard InChI is InChI=1S/C19H28N4O2/c1-5-6-9-20-18(24)15-7-10-23(11-8-15)17-16-12(2)13(3)25-19(16)22-14(4)21-17/h15H,5-11H2,1-4H3,(H,20,24). The maximum absolute atomic E-state index is 12.3. The lowest BCUT2D eigenvalue weighted by Gasteiger charge is -2.32. The van der Waals surface area contributed by atoms with E-state index in [2.05, 4.69) is 34.0 Å². The molecule has 1 fully saturated rings. The summed E-state index contributed by atoms with van der Waals surface area (Å²) in [4.78, 5) is 23.7. The van der Waals surface area contributed by atoms with Crippen molar-refractivity contribution in [1.82, 2.24) is 15.3 Å². The van der Waals surface area contributed by atoms with Crippen molar-refractivity contribution in [1.29, 1.82) is 0 Å². The molecule has 0 aliphatic carbocycles. The molecular formula is C19H28N4O2. The lowest BCUT2D eigenvalue weighted by Crippen LogP contribution is -2.41. The van der Waals surface area contributed by atoms with Crippen LogP contribution in [0.2, 0.25) is 0 Å². The van der Waals surface area contributed by atoms with Gasteiger partial charge in [0.15, 0.2) is 0 Å². The fourth-order valence-corrected chi connectivity index (χ4v) is 3.45. The van der Waals surface area contributed by atoms with Crippen molar-refractivity contribution < 1.29 is 9.21 Å². The molecule has 1 N–H and O–H groups in total. The van der Waals surface area contributed by atoms with Gasteiger partial charge >= 0.3 is 0 Å². The molecular weight excluding hydrogens is 316 g/mol. The Balaban J connectivity index is 1.73. The van der Waals surface area contributed by atoms with Crippen molar-refractivity contribution in [2.45, 2.75) is 53.4 Å². The maximum atomic E-state index is 12.3. The van der Waals surface area contributed by atoms with Gasteiger partial charge in [-0.2, -0.15) is 4.98 Å². The van der Waals surface area contributed by atoms with Crippen LogP contribution in [-0.4, -0.2) is 35.5 Å². The van der Waals surface area contributed by atoms with Gasteiger partial charge in [-0.15, -0.1) is 0 Å². The largest absolute Gasteiger partial charge is 0.443 e. The van der Waals surface area contributed by atoms with Gasteiger partial charge in [-0.05, 0) is 40.0 Å².